The van der Waals surface area contributed by atoms with Gasteiger partial charge in [0.1, 0.15) is 18.3 Å². The van der Waals surface area contributed by atoms with Crippen LogP contribution in [-0.2, 0) is 28.6 Å². The standard InChI is InChI=1S/C30H56O7/c1-18(2)13-24(21(7)8)35-27(31)16-30(34,29(33)37-26(23(11)12)15-20(5)6)17-28(32)36-25(22(9)10)14-19(3)4/h18-26,34H,13-17H2,1-12H3. The van der Waals surface area contributed by atoms with Crippen molar-refractivity contribution < 1.29 is 33.7 Å². The maximum Gasteiger partial charge on any atom is 0.339 e. The molecule has 0 spiro atoms. The number of carbonyl (C=O) groups is 3. The van der Waals surface area contributed by atoms with E-state index < -0.39 is 42.5 Å². The first-order chi connectivity index (χ1) is 16.9. The minimum Gasteiger partial charge on any atom is -0.462 e. The fraction of sp³-hybridized carbons (Fsp3) is 0.900. The number of rotatable bonds is 17. The highest BCUT2D eigenvalue weighted by atomic mass is 16.6. The number of aliphatic hydroxyl groups is 1. The summed E-state index contributed by atoms with van der Waals surface area (Å²) in [5.41, 5.74) is -2.38. The molecular formula is C30H56O7. The van der Waals surface area contributed by atoms with Gasteiger partial charge in [0, 0.05) is 0 Å². The van der Waals surface area contributed by atoms with E-state index in [-0.39, 0.29) is 35.9 Å². The maximum atomic E-state index is 13.3. The molecule has 218 valence electrons. The lowest BCUT2D eigenvalue weighted by atomic mass is 9.93. The largest absolute Gasteiger partial charge is 0.462 e. The molecule has 37 heavy (non-hydrogen) atoms. The summed E-state index contributed by atoms with van der Waals surface area (Å²) < 4.78 is 17.1. The lowest BCUT2D eigenvalue weighted by Gasteiger charge is -2.31. The second-order valence-electron chi connectivity index (χ2n) is 13.0. The third-order valence-electron chi connectivity index (χ3n) is 6.42. The van der Waals surface area contributed by atoms with Crippen LogP contribution < -0.4 is 0 Å². The van der Waals surface area contributed by atoms with Gasteiger partial charge in [-0.25, -0.2) is 4.79 Å². The zero-order valence-electron chi connectivity index (χ0n) is 25.6. The van der Waals surface area contributed by atoms with Crippen LogP contribution in [0.15, 0.2) is 0 Å². The normalized spacial score (nSPS) is 16.3. The minimum atomic E-state index is -2.38. The van der Waals surface area contributed by atoms with E-state index in [1.54, 1.807) is 0 Å². The smallest absolute Gasteiger partial charge is 0.339 e. The summed E-state index contributed by atoms with van der Waals surface area (Å²) in [5, 5.41) is 11.5. The zero-order valence-corrected chi connectivity index (χ0v) is 25.6. The molecule has 0 fully saturated rings. The van der Waals surface area contributed by atoms with Gasteiger partial charge >= 0.3 is 17.9 Å². The first kappa shape index (κ1) is 35.4. The van der Waals surface area contributed by atoms with E-state index in [0.717, 1.165) is 0 Å². The van der Waals surface area contributed by atoms with Crippen LogP contribution in [0, 0.1) is 35.5 Å². The Labute approximate surface area is 226 Å². The fourth-order valence-electron chi connectivity index (χ4n) is 4.12. The summed E-state index contributed by atoms with van der Waals surface area (Å²) in [6, 6.07) is 0. The highest BCUT2D eigenvalue weighted by Crippen LogP contribution is 2.27. The van der Waals surface area contributed by atoms with Crippen LogP contribution in [0.3, 0.4) is 0 Å². The van der Waals surface area contributed by atoms with Crippen molar-refractivity contribution in [3.63, 3.8) is 0 Å². The van der Waals surface area contributed by atoms with E-state index in [4.69, 9.17) is 14.2 Å². The second kappa shape index (κ2) is 16.4. The number of esters is 3. The van der Waals surface area contributed by atoms with Crippen molar-refractivity contribution >= 4 is 17.9 Å². The van der Waals surface area contributed by atoms with Gasteiger partial charge in [-0.15, -0.1) is 0 Å². The molecule has 1 N–H and O–H groups in total. The quantitative estimate of drug-likeness (QED) is 0.174. The first-order valence-electron chi connectivity index (χ1n) is 14.2. The van der Waals surface area contributed by atoms with Gasteiger partial charge in [-0.05, 0) is 54.8 Å². The molecule has 7 nitrogen and oxygen atoms in total. The van der Waals surface area contributed by atoms with Crippen LogP contribution in [0.5, 0.6) is 0 Å². The summed E-state index contributed by atoms with van der Waals surface area (Å²) in [6.45, 7) is 23.9. The van der Waals surface area contributed by atoms with E-state index in [0.29, 0.717) is 31.1 Å². The first-order valence-corrected chi connectivity index (χ1v) is 14.2. The number of carbonyl (C=O) groups excluding carboxylic acids is 3. The predicted octanol–water partition coefficient (Wildman–Crippen LogP) is 6.34. The molecule has 0 bridgehead atoms. The molecule has 0 aliphatic rings. The average Bonchev–Trinajstić information content (AvgIpc) is 2.70. The van der Waals surface area contributed by atoms with E-state index >= 15 is 0 Å². The van der Waals surface area contributed by atoms with Gasteiger partial charge in [0.2, 0.25) is 0 Å². The van der Waals surface area contributed by atoms with Gasteiger partial charge in [0.25, 0.3) is 0 Å². The Morgan fingerprint density at radius 3 is 1.05 bits per heavy atom. The maximum absolute atomic E-state index is 13.3. The van der Waals surface area contributed by atoms with Gasteiger partial charge < -0.3 is 19.3 Å². The number of ether oxygens (including phenoxy) is 3. The van der Waals surface area contributed by atoms with Gasteiger partial charge in [-0.3, -0.25) is 9.59 Å². The molecule has 0 amide bonds. The van der Waals surface area contributed by atoms with Crippen molar-refractivity contribution in [3.05, 3.63) is 0 Å². The van der Waals surface area contributed by atoms with Crippen molar-refractivity contribution in [3.8, 4) is 0 Å². The molecule has 0 aliphatic carbocycles. The molecule has 0 radical (unpaired) electrons. The molecule has 0 aromatic rings. The van der Waals surface area contributed by atoms with E-state index in [1.807, 2.05) is 83.1 Å². The number of hydrogen-bond acceptors (Lipinski definition) is 7. The van der Waals surface area contributed by atoms with Crippen molar-refractivity contribution in [2.75, 3.05) is 0 Å². The highest BCUT2D eigenvalue weighted by molar-refractivity contribution is 5.90. The average molecular weight is 529 g/mol. The van der Waals surface area contributed by atoms with E-state index in [9.17, 15) is 19.5 Å². The Morgan fingerprint density at radius 1 is 0.541 bits per heavy atom. The van der Waals surface area contributed by atoms with Gasteiger partial charge in [-0.1, -0.05) is 83.1 Å². The third-order valence-corrected chi connectivity index (χ3v) is 6.42. The fourth-order valence-corrected chi connectivity index (χ4v) is 4.12. The zero-order chi connectivity index (χ0) is 29.1. The molecule has 0 saturated heterocycles. The Balaban J connectivity index is 5.91. The summed E-state index contributed by atoms with van der Waals surface area (Å²) in [6.07, 6.45) is -0.619. The Kier molecular flexibility index (Phi) is 15.6. The molecule has 0 aromatic heterocycles. The Bertz CT molecular complexity index is 656. The Morgan fingerprint density at radius 2 is 0.811 bits per heavy atom. The monoisotopic (exact) mass is 528 g/mol. The van der Waals surface area contributed by atoms with Crippen LogP contribution in [0.2, 0.25) is 0 Å². The third kappa shape index (κ3) is 14.2. The summed E-state index contributed by atoms with van der Waals surface area (Å²) >= 11 is 0. The lowest BCUT2D eigenvalue weighted by molar-refractivity contribution is -0.187. The van der Waals surface area contributed by atoms with Gasteiger partial charge in [0.05, 0.1) is 12.8 Å². The van der Waals surface area contributed by atoms with Crippen LogP contribution >= 0.6 is 0 Å². The molecule has 0 saturated carbocycles. The summed E-state index contributed by atoms with van der Waals surface area (Å²) in [4.78, 5) is 39.3. The molecule has 0 aromatic carbocycles. The molecule has 7 heteroatoms. The van der Waals surface area contributed by atoms with Crippen molar-refractivity contribution in [2.45, 2.75) is 139 Å². The summed E-state index contributed by atoms with van der Waals surface area (Å²) in [5.74, 6) is -1.47. The number of hydrogen-bond donors (Lipinski definition) is 1. The molecule has 0 rings (SSSR count). The van der Waals surface area contributed by atoms with Gasteiger partial charge in [-0.2, -0.15) is 0 Å². The van der Waals surface area contributed by atoms with Crippen LogP contribution in [0.25, 0.3) is 0 Å². The minimum absolute atomic E-state index is 0.00206. The predicted molar refractivity (Wildman–Crippen MR) is 147 cm³/mol. The Hall–Kier alpha value is -1.63. The van der Waals surface area contributed by atoms with E-state index in [1.165, 1.54) is 0 Å². The van der Waals surface area contributed by atoms with Crippen molar-refractivity contribution in [1.29, 1.82) is 0 Å². The van der Waals surface area contributed by atoms with Crippen LogP contribution in [0.1, 0.15) is 115 Å². The summed E-state index contributed by atoms with van der Waals surface area (Å²) in [7, 11) is 0. The molecule has 3 atom stereocenters. The molecule has 0 aliphatic heterocycles. The molecule has 0 heterocycles. The van der Waals surface area contributed by atoms with E-state index in [2.05, 4.69) is 0 Å². The second-order valence-corrected chi connectivity index (χ2v) is 13.0. The van der Waals surface area contributed by atoms with Gasteiger partial charge in [0.15, 0.2) is 5.60 Å². The molecular weight excluding hydrogens is 472 g/mol. The lowest BCUT2D eigenvalue weighted by Crippen LogP contribution is -2.47. The van der Waals surface area contributed by atoms with Crippen LogP contribution in [0.4, 0.5) is 0 Å². The highest BCUT2D eigenvalue weighted by Gasteiger charge is 2.45. The van der Waals surface area contributed by atoms with Crippen molar-refractivity contribution in [2.24, 2.45) is 35.5 Å². The molecule has 3 unspecified atom stereocenters. The van der Waals surface area contributed by atoms with Crippen molar-refractivity contribution in [1.82, 2.24) is 0 Å². The topological polar surface area (TPSA) is 99.1 Å². The van der Waals surface area contributed by atoms with Crippen LogP contribution in [-0.4, -0.2) is 46.9 Å². The SMILES string of the molecule is CC(C)CC(OC(=O)CC(O)(CC(=O)OC(CC(C)C)C(C)C)C(=O)OC(CC(C)C)C(C)C)C(C)C.